The van der Waals surface area contributed by atoms with E-state index < -0.39 is 0 Å². The third-order valence-electron chi connectivity index (χ3n) is 3.59. The van der Waals surface area contributed by atoms with Gasteiger partial charge in [0, 0.05) is 5.92 Å². The molecule has 1 fully saturated rings. The summed E-state index contributed by atoms with van der Waals surface area (Å²) in [4.78, 5) is 11.8. The van der Waals surface area contributed by atoms with Gasteiger partial charge in [-0.05, 0) is 49.9 Å². The van der Waals surface area contributed by atoms with Crippen molar-refractivity contribution in [1.82, 2.24) is 5.32 Å². The van der Waals surface area contributed by atoms with E-state index in [0.717, 1.165) is 18.6 Å². The molecule has 3 nitrogen and oxygen atoms in total. The Morgan fingerprint density at radius 3 is 2.47 bits per heavy atom. The van der Waals surface area contributed by atoms with Crippen LogP contribution in [0, 0.1) is 19.8 Å². The maximum Gasteiger partial charge on any atom is 0.223 e. The summed E-state index contributed by atoms with van der Waals surface area (Å²) in [5.41, 5.74) is 2.40. The highest BCUT2D eigenvalue weighted by molar-refractivity contribution is 5.78. The molecule has 0 aliphatic heterocycles. The van der Waals surface area contributed by atoms with Crippen molar-refractivity contribution in [3.05, 3.63) is 29.3 Å². The second-order valence-electron chi connectivity index (χ2n) is 5.44. The third-order valence-corrected chi connectivity index (χ3v) is 3.59. The Bertz CT molecular complexity index is 416. The van der Waals surface area contributed by atoms with Gasteiger partial charge in [-0.15, -0.1) is 0 Å². The smallest absolute Gasteiger partial charge is 0.223 e. The van der Waals surface area contributed by atoms with Crippen LogP contribution in [0.1, 0.15) is 36.8 Å². The number of benzene rings is 1. The van der Waals surface area contributed by atoms with Crippen LogP contribution >= 0.6 is 0 Å². The van der Waals surface area contributed by atoms with Gasteiger partial charge in [-0.1, -0.05) is 18.9 Å². The van der Waals surface area contributed by atoms with E-state index in [1.807, 2.05) is 12.1 Å². The van der Waals surface area contributed by atoms with E-state index in [-0.39, 0.29) is 11.8 Å². The maximum absolute atomic E-state index is 11.8. The summed E-state index contributed by atoms with van der Waals surface area (Å²) in [7, 11) is 0. The molecule has 0 spiro atoms. The van der Waals surface area contributed by atoms with Crippen molar-refractivity contribution >= 4 is 5.91 Å². The van der Waals surface area contributed by atoms with E-state index >= 15 is 0 Å². The first-order valence-corrected chi connectivity index (χ1v) is 7.14. The predicted molar refractivity (Wildman–Crippen MR) is 76.4 cm³/mol. The molecule has 0 bridgehead atoms. The second-order valence-corrected chi connectivity index (χ2v) is 5.44. The largest absolute Gasteiger partial charge is 0.492 e. The number of ether oxygens (including phenoxy) is 1. The van der Waals surface area contributed by atoms with Crippen molar-refractivity contribution in [2.75, 3.05) is 13.2 Å². The fourth-order valence-electron chi connectivity index (χ4n) is 2.69. The number of hydrogen-bond donors (Lipinski definition) is 1. The Hall–Kier alpha value is -1.51. The number of nitrogens with one attached hydrogen (secondary N) is 1. The molecular formula is C16H23NO2. The molecule has 1 aromatic carbocycles. The molecule has 0 saturated heterocycles. The number of hydrogen-bond acceptors (Lipinski definition) is 2. The molecule has 1 amide bonds. The standard InChI is InChI=1S/C16H23NO2/c1-12-9-13(2)11-15(10-12)19-8-7-17-16(18)14-5-3-4-6-14/h9-11,14H,3-8H2,1-2H3,(H,17,18). The summed E-state index contributed by atoms with van der Waals surface area (Å²) in [5, 5.41) is 2.96. The van der Waals surface area contributed by atoms with Gasteiger partial charge in [-0.3, -0.25) is 4.79 Å². The molecule has 1 aliphatic carbocycles. The molecule has 3 heteroatoms. The van der Waals surface area contributed by atoms with Crippen molar-refractivity contribution in [2.24, 2.45) is 5.92 Å². The van der Waals surface area contributed by atoms with Gasteiger partial charge in [-0.2, -0.15) is 0 Å². The molecule has 0 radical (unpaired) electrons. The SMILES string of the molecule is Cc1cc(C)cc(OCCNC(=O)C2CCCC2)c1. The lowest BCUT2D eigenvalue weighted by molar-refractivity contribution is -0.124. The van der Waals surface area contributed by atoms with E-state index in [4.69, 9.17) is 4.74 Å². The van der Waals surface area contributed by atoms with Crippen LogP contribution in [0.5, 0.6) is 5.75 Å². The fourth-order valence-corrected chi connectivity index (χ4v) is 2.69. The number of carbonyl (C=O) groups excluding carboxylic acids is 1. The number of amides is 1. The third kappa shape index (κ3) is 4.27. The Labute approximate surface area is 115 Å². The van der Waals surface area contributed by atoms with E-state index in [0.29, 0.717) is 13.2 Å². The van der Waals surface area contributed by atoms with Gasteiger partial charge >= 0.3 is 0 Å². The van der Waals surface area contributed by atoms with Crippen molar-refractivity contribution in [3.8, 4) is 5.75 Å². The molecule has 0 atom stereocenters. The minimum Gasteiger partial charge on any atom is -0.492 e. The van der Waals surface area contributed by atoms with E-state index in [2.05, 4.69) is 25.2 Å². The van der Waals surface area contributed by atoms with Gasteiger partial charge in [0.1, 0.15) is 12.4 Å². The highest BCUT2D eigenvalue weighted by Crippen LogP contribution is 2.24. The molecule has 1 N–H and O–H groups in total. The monoisotopic (exact) mass is 261 g/mol. The Morgan fingerprint density at radius 2 is 1.84 bits per heavy atom. The first-order valence-electron chi connectivity index (χ1n) is 7.14. The highest BCUT2D eigenvalue weighted by atomic mass is 16.5. The van der Waals surface area contributed by atoms with E-state index in [1.165, 1.54) is 24.0 Å². The lowest BCUT2D eigenvalue weighted by Crippen LogP contribution is -2.32. The molecular weight excluding hydrogens is 238 g/mol. The zero-order valence-corrected chi connectivity index (χ0v) is 11.9. The summed E-state index contributed by atoms with van der Waals surface area (Å²) in [6, 6.07) is 6.16. The van der Waals surface area contributed by atoms with E-state index in [1.54, 1.807) is 0 Å². The fraction of sp³-hybridized carbons (Fsp3) is 0.562. The average Bonchev–Trinajstić information content (AvgIpc) is 2.87. The Balaban J connectivity index is 1.70. The molecule has 104 valence electrons. The van der Waals surface area contributed by atoms with E-state index in [9.17, 15) is 4.79 Å². The van der Waals surface area contributed by atoms with Gasteiger partial charge in [-0.25, -0.2) is 0 Å². The van der Waals surface area contributed by atoms with Crippen LogP contribution in [0.15, 0.2) is 18.2 Å². The van der Waals surface area contributed by atoms with Crippen molar-refractivity contribution in [3.63, 3.8) is 0 Å². The van der Waals surface area contributed by atoms with Crippen molar-refractivity contribution in [1.29, 1.82) is 0 Å². The summed E-state index contributed by atoms with van der Waals surface area (Å²) >= 11 is 0. The summed E-state index contributed by atoms with van der Waals surface area (Å²) in [6.07, 6.45) is 4.47. The molecule has 0 aromatic heterocycles. The quantitative estimate of drug-likeness (QED) is 0.827. The van der Waals surface area contributed by atoms with Crippen LogP contribution in [-0.2, 0) is 4.79 Å². The first-order chi connectivity index (χ1) is 9.15. The molecule has 0 heterocycles. The van der Waals surface area contributed by atoms with Gasteiger partial charge in [0.25, 0.3) is 0 Å². The minimum absolute atomic E-state index is 0.196. The second kappa shape index (κ2) is 6.60. The predicted octanol–water partition coefficient (Wildman–Crippen LogP) is 2.99. The van der Waals surface area contributed by atoms with Gasteiger partial charge < -0.3 is 10.1 Å². The summed E-state index contributed by atoms with van der Waals surface area (Å²) in [5.74, 6) is 1.32. The zero-order chi connectivity index (χ0) is 13.7. The van der Waals surface area contributed by atoms with Crippen LogP contribution in [-0.4, -0.2) is 19.1 Å². The minimum atomic E-state index is 0.196. The molecule has 0 unspecified atom stereocenters. The summed E-state index contributed by atoms with van der Waals surface area (Å²) in [6.45, 7) is 5.23. The van der Waals surface area contributed by atoms with Gasteiger partial charge in [0.05, 0.1) is 6.54 Å². The molecule has 1 aromatic rings. The van der Waals surface area contributed by atoms with Crippen LogP contribution in [0.25, 0.3) is 0 Å². The topological polar surface area (TPSA) is 38.3 Å². The van der Waals surface area contributed by atoms with Crippen LogP contribution in [0.3, 0.4) is 0 Å². The van der Waals surface area contributed by atoms with Gasteiger partial charge in [0.2, 0.25) is 5.91 Å². The molecule has 19 heavy (non-hydrogen) atoms. The first kappa shape index (κ1) is 13.9. The molecule has 1 aliphatic rings. The van der Waals surface area contributed by atoms with Crippen LogP contribution in [0.4, 0.5) is 0 Å². The van der Waals surface area contributed by atoms with Crippen LogP contribution < -0.4 is 10.1 Å². The Morgan fingerprint density at radius 1 is 1.21 bits per heavy atom. The normalized spacial score (nSPS) is 15.5. The number of aryl methyl sites for hydroxylation is 2. The number of rotatable bonds is 5. The lowest BCUT2D eigenvalue weighted by Gasteiger charge is -2.11. The maximum atomic E-state index is 11.8. The van der Waals surface area contributed by atoms with Crippen LogP contribution in [0.2, 0.25) is 0 Å². The van der Waals surface area contributed by atoms with Crippen molar-refractivity contribution in [2.45, 2.75) is 39.5 Å². The number of carbonyl (C=O) groups is 1. The zero-order valence-electron chi connectivity index (χ0n) is 11.9. The van der Waals surface area contributed by atoms with Crippen molar-refractivity contribution < 1.29 is 9.53 Å². The Kier molecular flexibility index (Phi) is 4.83. The molecule has 2 rings (SSSR count). The van der Waals surface area contributed by atoms with Gasteiger partial charge in [0.15, 0.2) is 0 Å². The molecule has 1 saturated carbocycles. The average molecular weight is 261 g/mol. The summed E-state index contributed by atoms with van der Waals surface area (Å²) < 4.78 is 5.67. The lowest BCUT2D eigenvalue weighted by atomic mass is 10.1. The highest BCUT2D eigenvalue weighted by Gasteiger charge is 2.21.